The number of halogens is 1. The van der Waals surface area contributed by atoms with Gasteiger partial charge in [-0.15, -0.1) is 0 Å². The van der Waals surface area contributed by atoms with E-state index in [4.69, 9.17) is 17.1 Å². The van der Waals surface area contributed by atoms with Crippen molar-refractivity contribution >= 4 is 22.5 Å². The maximum Gasteiger partial charge on any atom is 0.269 e. The van der Waals surface area contributed by atoms with Crippen LogP contribution in [0.5, 0.6) is 0 Å². The van der Waals surface area contributed by atoms with E-state index in [-0.39, 0.29) is 0 Å². The van der Waals surface area contributed by atoms with E-state index in [0.717, 1.165) is 0 Å². The molecule has 0 amide bonds. The maximum atomic E-state index is 10.9. The molecule has 0 bridgehead atoms. The minimum absolute atomic E-state index is 0.665. The molecule has 12 heavy (non-hydrogen) atoms. The van der Waals surface area contributed by atoms with E-state index in [2.05, 4.69) is 0 Å². The van der Waals surface area contributed by atoms with E-state index >= 15 is 0 Å². The normalized spacial score (nSPS) is 14.1. The van der Waals surface area contributed by atoms with Crippen molar-refractivity contribution in [2.24, 2.45) is 0 Å². The van der Waals surface area contributed by atoms with Crippen LogP contribution in [0, 0.1) is 10.1 Å². The first-order valence-corrected chi connectivity index (χ1v) is 3.11. The molecule has 0 spiro atoms. The van der Waals surface area contributed by atoms with Crippen LogP contribution in [0.1, 0.15) is 15.8 Å². The van der Waals surface area contributed by atoms with Crippen LogP contribution in [0.2, 0.25) is 0 Å². The van der Waals surface area contributed by atoms with Gasteiger partial charge in [-0.2, -0.15) is 0 Å². The Hall–Kier alpha value is -1.42. The highest BCUT2D eigenvalue weighted by molar-refractivity contribution is 6.67. The molecule has 0 fully saturated rings. The van der Waals surface area contributed by atoms with Crippen LogP contribution in [0.25, 0.3) is 0 Å². The average Bonchev–Trinajstić information content (AvgIpc) is 2.14. The topological polar surface area (TPSA) is 60.2 Å². The molecule has 0 aliphatic rings. The molecular formula is C7H4ClNO3. The third-order valence-electron chi connectivity index (χ3n) is 0.991. The molecule has 1 aromatic carbocycles. The molecule has 1 rings (SSSR count). The monoisotopic (exact) mass is 189 g/mol. The second-order valence-corrected chi connectivity index (χ2v) is 2.10. The lowest BCUT2D eigenvalue weighted by Gasteiger charge is -1.92. The van der Waals surface area contributed by atoms with Crippen molar-refractivity contribution in [3.05, 3.63) is 39.8 Å². The molecule has 0 aliphatic carbocycles. The first-order chi connectivity index (χ1) is 7.29. The van der Waals surface area contributed by atoms with Crippen molar-refractivity contribution in [1.82, 2.24) is 0 Å². The van der Waals surface area contributed by atoms with Gasteiger partial charge in [-0.25, -0.2) is 0 Å². The van der Waals surface area contributed by atoms with Gasteiger partial charge in [0.15, 0.2) is 0 Å². The molecule has 0 saturated carbocycles. The average molecular weight is 190 g/mol. The fourth-order valence-corrected chi connectivity index (χ4v) is 0.590. The van der Waals surface area contributed by atoms with E-state index in [9.17, 15) is 14.9 Å². The molecule has 0 saturated heterocycles. The number of rotatable bonds is 2. The van der Waals surface area contributed by atoms with E-state index in [0.29, 0.717) is 0 Å². The van der Waals surface area contributed by atoms with Gasteiger partial charge < -0.3 is 0 Å². The first-order valence-electron chi connectivity index (χ1n) is 4.73. The van der Waals surface area contributed by atoms with E-state index < -0.39 is 45.6 Å². The van der Waals surface area contributed by atoms with Gasteiger partial charge in [0.1, 0.15) is 0 Å². The van der Waals surface area contributed by atoms with Gasteiger partial charge in [0, 0.05) is 17.6 Å². The van der Waals surface area contributed by atoms with Crippen molar-refractivity contribution in [3.8, 4) is 0 Å². The Kier molecular flexibility index (Phi) is 1.26. The Balaban J connectivity index is 3.77. The zero-order valence-electron chi connectivity index (χ0n) is 9.55. The van der Waals surface area contributed by atoms with Gasteiger partial charge in [-0.05, 0) is 23.7 Å². The lowest BCUT2D eigenvalue weighted by molar-refractivity contribution is -0.384. The van der Waals surface area contributed by atoms with Gasteiger partial charge in [0.25, 0.3) is 10.9 Å². The van der Waals surface area contributed by atoms with E-state index in [1.54, 1.807) is 0 Å². The summed E-state index contributed by atoms with van der Waals surface area (Å²) in [5.41, 5.74) is -1.64. The molecular weight excluding hydrogens is 182 g/mol. The second kappa shape index (κ2) is 3.32. The minimum Gasteiger partial charge on any atom is -0.276 e. The fourth-order valence-electron chi connectivity index (χ4n) is 0.495. The Labute approximate surface area is 78.5 Å². The van der Waals surface area contributed by atoms with Crippen LogP contribution >= 0.6 is 11.6 Å². The summed E-state index contributed by atoms with van der Waals surface area (Å²) in [5, 5.41) is 9.32. The van der Waals surface area contributed by atoms with Crippen LogP contribution in [-0.2, 0) is 0 Å². The number of carbonyl (C=O) groups excluding carboxylic acids is 1. The molecule has 0 atom stereocenters. The molecule has 0 aromatic heterocycles. The molecule has 0 aliphatic heterocycles. The van der Waals surface area contributed by atoms with Crippen molar-refractivity contribution in [2.75, 3.05) is 0 Å². The fraction of sp³-hybridized carbons (Fsp3) is 0. The highest BCUT2D eigenvalue weighted by atomic mass is 35.5. The summed E-state index contributed by atoms with van der Waals surface area (Å²) in [4.78, 5) is 20.3. The Morgan fingerprint density at radius 3 is 2.33 bits per heavy atom. The summed E-state index contributed by atoms with van der Waals surface area (Å²) in [5.74, 6) is 0. The lowest BCUT2D eigenvalue weighted by Crippen LogP contribution is -1.90. The number of nitro benzene ring substituents is 1. The zero-order chi connectivity index (χ0) is 12.6. The Morgan fingerprint density at radius 2 is 2.00 bits per heavy atom. The molecule has 62 valence electrons. The number of carbonyl (C=O) groups is 1. The van der Waals surface area contributed by atoms with Crippen LogP contribution < -0.4 is 0 Å². The van der Waals surface area contributed by atoms with Crippen LogP contribution in [-0.4, -0.2) is 10.2 Å². The van der Waals surface area contributed by atoms with Crippen molar-refractivity contribution in [2.45, 2.75) is 0 Å². The highest BCUT2D eigenvalue weighted by Gasteiger charge is 2.06. The lowest BCUT2D eigenvalue weighted by atomic mass is 10.2. The van der Waals surface area contributed by atoms with Gasteiger partial charge in [-0.3, -0.25) is 14.9 Å². The third-order valence-corrected chi connectivity index (χ3v) is 1.18. The molecule has 0 N–H and O–H groups in total. The largest absolute Gasteiger partial charge is 0.276 e. The number of hydrogen-bond acceptors (Lipinski definition) is 3. The highest BCUT2D eigenvalue weighted by Crippen LogP contribution is 2.12. The number of nitro groups is 1. The SMILES string of the molecule is [2H]c1c([2H])c([N+](=O)[O-])c([2H])c([2H])c1C(=O)Cl. The summed E-state index contributed by atoms with van der Waals surface area (Å²) in [6.45, 7) is 0. The second-order valence-electron chi connectivity index (χ2n) is 1.75. The summed E-state index contributed by atoms with van der Waals surface area (Å²) < 4.78 is 29.1. The summed E-state index contributed by atoms with van der Waals surface area (Å²) >= 11 is 5.07. The minimum atomic E-state index is -1.19. The van der Waals surface area contributed by atoms with Crippen LogP contribution in [0.15, 0.2) is 24.2 Å². The van der Waals surface area contributed by atoms with Crippen LogP contribution in [0.4, 0.5) is 5.69 Å². The maximum absolute atomic E-state index is 10.9. The number of hydrogen-bond donors (Lipinski definition) is 0. The van der Waals surface area contributed by atoms with Crippen molar-refractivity contribution < 1.29 is 15.2 Å². The Morgan fingerprint density at radius 1 is 1.50 bits per heavy atom. The molecule has 0 unspecified atom stereocenters. The zero-order valence-corrected chi connectivity index (χ0v) is 6.31. The predicted molar refractivity (Wildman–Crippen MR) is 43.3 cm³/mol. The van der Waals surface area contributed by atoms with E-state index in [1.165, 1.54) is 0 Å². The summed E-state index contributed by atoms with van der Waals surface area (Å²) in [6.07, 6.45) is 0. The van der Waals surface area contributed by atoms with Gasteiger partial charge >= 0.3 is 0 Å². The van der Waals surface area contributed by atoms with Crippen molar-refractivity contribution in [1.29, 1.82) is 0 Å². The summed E-state index contributed by atoms with van der Waals surface area (Å²) in [7, 11) is 0. The molecule has 5 heteroatoms. The number of benzene rings is 1. The van der Waals surface area contributed by atoms with Gasteiger partial charge in [0.2, 0.25) is 0 Å². The summed E-state index contributed by atoms with van der Waals surface area (Å²) in [6, 6.07) is -3.41. The molecule has 4 nitrogen and oxygen atoms in total. The third kappa shape index (κ3) is 1.79. The van der Waals surface area contributed by atoms with Crippen LogP contribution in [0.3, 0.4) is 0 Å². The molecule has 0 heterocycles. The van der Waals surface area contributed by atoms with Gasteiger partial charge in [0.05, 0.1) is 10.4 Å². The molecule has 1 aromatic rings. The quantitative estimate of drug-likeness (QED) is 0.406. The predicted octanol–water partition coefficient (Wildman–Crippen LogP) is 1.97. The molecule has 0 radical (unpaired) electrons. The first kappa shape index (κ1) is 4.57. The smallest absolute Gasteiger partial charge is 0.269 e. The van der Waals surface area contributed by atoms with Gasteiger partial charge in [-0.1, -0.05) is 0 Å². The van der Waals surface area contributed by atoms with E-state index in [1.807, 2.05) is 0 Å². The van der Waals surface area contributed by atoms with Crippen molar-refractivity contribution in [3.63, 3.8) is 0 Å². The standard InChI is InChI=1S/C7H4ClNO3/c8-7(10)5-1-3-6(4-2-5)9(11)12/h1-4H/i1D,2D,3D,4D. The number of nitrogens with zero attached hydrogens (tertiary/aromatic N) is 1. The Bertz CT molecular complexity index is 431.